The predicted molar refractivity (Wildman–Crippen MR) is 94.2 cm³/mol. The van der Waals surface area contributed by atoms with Crippen molar-refractivity contribution in [3.63, 3.8) is 0 Å². The molecule has 1 aliphatic rings. The largest absolute Gasteiger partial charge is 0.493 e. The topological polar surface area (TPSA) is 79.2 Å². The summed E-state index contributed by atoms with van der Waals surface area (Å²) in [7, 11) is -3.18. The Labute approximate surface area is 145 Å². The van der Waals surface area contributed by atoms with Crippen LogP contribution in [0.3, 0.4) is 0 Å². The number of ether oxygens (including phenoxy) is 1. The van der Waals surface area contributed by atoms with E-state index in [1.54, 1.807) is 6.92 Å². The van der Waals surface area contributed by atoms with E-state index in [0.29, 0.717) is 13.0 Å². The molecule has 0 amide bonds. The smallest absolute Gasteiger partial charge is 0.211 e. The van der Waals surface area contributed by atoms with Gasteiger partial charge < -0.3 is 4.74 Å². The molecule has 5 nitrogen and oxygen atoms in total. The molecule has 1 aromatic rings. The fourth-order valence-corrected chi connectivity index (χ4v) is 3.97. The van der Waals surface area contributed by atoms with Gasteiger partial charge in [-0.15, -0.1) is 0 Å². The molecule has 1 aliphatic carbocycles. The first-order chi connectivity index (χ1) is 11.5. The standard InChI is InChI=1S/C18H26N2O3S/c1-2-24(21,22)20-18-8-4-3-7-16(18)14-23-17-11-9-15(10-12-17)6-5-13-19/h9-12,16,18,20H,2-8,14H2,1H3/t16-,18+/m0/s1. The second-order valence-corrected chi connectivity index (χ2v) is 8.33. The van der Waals surface area contributed by atoms with Gasteiger partial charge in [0.25, 0.3) is 0 Å². The molecule has 0 radical (unpaired) electrons. The maximum absolute atomic E-state index is 11.8. The molecule has 0 aliphatic heterocycles. The summed E-state index contributed by atoms with van der Waals surface area (Å²) in [5.74, 6) is 1.11. The molecule has 24 heavy (non-hydrogen) atoms. The van der Waals surface area contributed by atoms with Crippen LogP contribution in [-0.2, 0) is 16.4 Å². The Balaban J connectivity index is 1.90. The lowest BCUT2D eigenvalue weighted by atomic mass is 9.86. The van der Waals surface area contributed by atoms with Crippen LogP contribution in [0.4, 0.5) is 0 Å². The minimum Gasteiger partial charge on any atom is -0.493 e. The molecule has 6 heteroatoms. The average Bonchev–Trinajstić information content (AvgIpc) is 2.60. The molecule has 0 spiro atoms. The molecule has 1 aromatic carbocycles. The Kier molecular flexibility index (Phi) is 7.07. The number of aryl methyl sites for hydroxylation is 1. The van der Waals surface area contributed by atoms with E-state index in [4.69, 9.17) is 10.00 Å². The highest BCUT2D eigenvalue weighted by Gasteiger charge is 2.28. The molecular formula is C18H26N2O3S. The highest BCUT2D eigenvalue weighted by molar-refractivity contribution is 7.89. The van der Waals surface area contributed by atoms with Gasteiger partial charge in [-0.25, -0.2) is 13.1 Å². The molecule has 0 heterocycles. The van der Waals surface area contributed by atoms with Crippen molar-refractivity contribution in [2.24, 2.45) is 5.92 Å². The summed E-state index contributed by atoms with van der Waals surface area (Å²) in [5, 5.41) is 8.61. The number of rotatable bonds is 8. The van der Waals surface area contributed by atoms with Crippen LogP contribution in [0.1, 0.15) is 44.6 Å². The number of hydrogen-bond donors (Lipinski definition) is 1. The molecule has 1 saturated carbocycles. The van der Waals surface area contributed by atoms with Gasteiger partial charge in [-0.2, -0.15) is 5.26 Å². The Hall–Kier alpha value is -1.58. The van der Waals surface area contributed by atoms with Crippen LogP contribution < -0.4 is 9.46 Å². The van der Waals surface area contributed by atoms with E-state index in [0.717, 1.165) is 43.4 Å². The zero-order valence-electron chi connectivity index (χ0n) is 14.2. The fraction of sp³-hybridized carbons (Fsp3) is 0.611. The van der Waals surface area contributed by atoms with E-state index < -0.39 is 10.0 Å². The quantitative estimate of drug-likeness (QED) is 0.781. The fourth-order valence-electron chi connectivity index (χ4n) is 3.03. The SMILES string of the molecule is CCS(=O)(=O)N[C@@H]1CCCC[C@H]1COc1ccc(CCC#N)cc1. The summed E-state index contributed by atoms with van der Waals surface area (Å²) in [6.07, 6.45) is 5.30. The van der Waals surface area contributed by atoms with E-state index in [-0.39, 0.29) is 17.7 Å². The van der Waals surface area contributed by atoms with E-state index in [1.165, 1.54) is 0 Å². The molecular weight excluding hydrogens is 324 g/mol. The molecule has 1 N–H and O–H groups in total. The third kappa shape index (κ3) is 5.81. The summed E-state index contributed by atoms with van der Waals surface area (Å²) in [5.41, 5.74) is 1.12. The Morgan fingerprint density at radius 2 is 1.96 bits per heavy atom. The van der Waals surface area contributed by atoms with Crippen molar-refractivity contribution in [2.45, 2.75) is 51.5 Å². The molecule has 1 fully saturated rings. The number of nitrogens with one attached hydrogen (secondary N) is 1. The minimum atomic E-state index is -3.18. The molecule has 0 bridgehead atoms. The van der Waals surface area contributed by atoms with Crippen molar-refractivity contribution < 1.29 is 13.2 Å². The van der Waals surface area contributed by atoms with Gasteiger partial charge in [-0.05, 0) is 43.9 Å². The zero-order chi connectivity index (χ0) is 17.4. The first-order valence-corrected chi connectivity index (χ1v) is 10.3. The van der Waals surface area contributed by atoms with E-state index in [9.17, 15) is 8.42 Å². The normalized spacial score (nSPS) is 21.2. The number of nitrogens with zero attached hydrogens (tertiary/aromatic N) is 1. The number of sulfonamides is 1. The van der Waals surface area contributed by atoms with Gasteiger partial charge >= 0.3 is 0 Å². The van der Waals surface area contributed by atoms with Crippen molar-refractivity contribution in [1.29, 1.82) is 5.26 Å². The highest BCUT2D eigenvalue weighted by atomic mass is 32.2. The van der Waals surface area contributed by atoms with Gasteiger partial charge in [0.1, 0.15) is 5.75 Å². The molecule has 2 atom stereocenters. The lowest BCUT2D eigenvalue weighted by molar-refractivity contribution is 0.180. The van der Waals surface area contributed by atoms with Crippen LogP contribution in [0.5, 0.6) is 5.75 Å². The minimum absolute atomic E-state index is 0.0291. The molecule has 0 saturated heterocycles. The second kappa shape index (κ2) is 9.05. The van der Waals surface area contributed by atoms with Crippen LogP contribution in [0.15, 0.2) is 24.3 Å². The third-order valence-electron chi connectivity index (χ3n) is 4.53. The second-order valence-electron chi connectivity index (χ2n) is 6.29. The summed E-state index contributed by atoms with van der Waals surface area (Å²) >= 11 is 0. The lowest BCUT2D eigenvalue weighted by Gasteiger charge is -2.31. The maximum Gasteiger partial charge on any atom is 0.211 e. The summed E-state index contributed by atoms with van der Waals surface area (Å²) in [6, 6.07) is 9.90. The summed E-state index contributed by atoms with van der Waals surface area (Å²) in [6.45, 7) is 2.18. The van der Waals surface area contributed by atoms with Gasteiger partial charge in [0.05, 0.1) is 18.4 Å². The predicted octanol–water partition coefficient (Wildman–Crippen LogP) is 3.02. The summed E-state index contributed by atoms with van der Waals surface area (Å²) < 4.78 is 32.4. The van der Waals surface area contributed by atoms with Crippen molar-refractivity contribution in [2.75, 3.05) is 12.4 Å². The van der Waals surface area contributed by atoms with Gasteiger partial charge in [0.2, 0.25) is 10.0 Å². The van der Waals surface area contributed by atoms with Crippen molar-refractivity contribution >= 4 is 10.0 Å². The monoisotopic (exact) mass is 350 g/mol. The van der Waals surface area contributed by atoms with Gasteiger partial charge in [0, 0.05) is 18.4 Å². The van der Waals surface area contributed by atoms with E-state index in [1.807, 2.05) is 24.3 Å². The van der Waals surface area contributed by atoms with Crippen LogP contribution >= 0.6 is 0 Å². The van der Waals surface area contributed by atoms with E-state index >= 15 is 0 Å². The average molecular weight is 350 g/mol. The van der Waals surface area contributed by atoms with Crippen LogP contribution in [-0.4, -0.2) is 26.8 Å². The lowest BCUT2D eigenvalue weighted by Crippen LogP contribution is -2.44. The number of hydrogen-bond acceptors (Lipinski definition) is 4. The van der Waals surface area contributed by atoms with Gasteiger partial charge in [-0.3, -0.25) is 0 Å². The molecule has 0 unspecified atom stereocenters. The number of benzene rings is 1. The van der Waals surface area contributed by atoms with Gasteiger partial charge in [-0.1, -0.05) is 25.0 Å². The van der Waals surface area contributed by atoms with Crippen LogP contribution in [0.2, 0.25) is 0 Å². The summed E-state index contributed by atoms with van der Waals surface area (Å²) in [4.78, 5) is 0. The number of nitriles is 1. The Morgan fingerprint density at radius 3 is 2.62 bits per heavy atom. The molecule has 0 aromatic heterocycles. The zero-order valence-corrected chi connectivity index (χ0v) is 15.0. The van der Waals surface area contributed by atoms with Crippen molar-refractivity contribution in [3.8, 4) is 11.8 Å². The maximum atomic E-state index is 11.8. The van der Waals surface area contributed by atoms with Crippen LogP contribution in [0.25, 0.3) is 0 Å². The Bertz CT molecular complexity index is 650. The van der Waals surface area contributed by atoms with E-state index in [2.05, 4.69) is 10.8 Å². The highest BCUT2D eigenvalue weighted by Crippen LogP contribution is 2.26. The van der Waals surface area contributed by atoms with Crippen LogP contribution in [0, 0.1) is 17.2 Å². The first-order valence-electron chi connectivity index (χ1n) is 8.62. The first kappa shape index (κ1) is 18.8. The molecule has 2 rings (SSSR count). The third-order valence-corrected chi connectivity index (χ3v) is 5.95. The molecule has 132 valence electrons. The Morgan fingerprint density at radius 1 is 1.25 bits per heavy atom. The van der Waals surface area contributed by atoms with Crippen molar-refractivity contribution in [3.05, 3.63) is 29.8 Å². The van der Waals surface area contributed by atoms with Crippen molar-refractivity contribution in [1.82, 2.24) is 4.72 Å². The van der Waals surface area contributed by atoms with Gasteiger partial charge in [0.15, 0.2) is 0 Å².